The van der Waals surface area contributed by atoms with Crippen molar-refractivity contribution >= 4 is 17.3 Å². The van der Waals surface area contributed by atoms with Gasteiger partial charge >= 0.3 is 0 Å². The molecule has 2 fully saturated rings. The monoisotopic (exact) mass is 377 g/mol. The molecule has 26 heavy (non-hydrogen) atoms. The lowest BCUT2D eigenvalue weighted by Crippen LogP contribution is -2.46. The minimum atomic E-state index is -0.276. The summed E-state index contributed by atoms with van der Waals surface area (Å²) in [6, 6.07) is 3.03. The molecule has 0 N–H and O–H groups in total. The maximum atomic E-state index is 13.8. The van der Waals surface area contributed by atoms with Gasteiger partial charge in [0.1, 0.15) is 10.8 Å². The van der Waals surface area contributed by atoms with Gasteiger partial charge in [0, 0.05) is 45.5 Å². The van der Waals surface area contributed by atoms with E-state index in [2.05, 4.69) is 19.9 Å². The van der Waals surface area contributed by atoms with Crippen molar-refractivity contribution < 1.29 is 4.39 Å². The molecule has 0 unspecified atom stereocenters. The first-order chi connectivity index (χ1) is 12.6. The molecule has 0 aromatic carbocycles. The van der Waals surface area contributed by atoms with E-state index >= 15 is 0 Å². The summed E-state index contributed by atoms with van der Waals surface area (Å²) in [6.07, 6.45) is 5.62. The summed E-state index contributed by atoms with van der Waals surface area (Å²) in [5, 5.41) is 4.54. The van der Waals surface area contributed by atoms with Gasteiger partial charge in [-0.15, -0.1) is 0 Å². The number of piperazine rings is 1. The van der Waals surface area contributed by atoms with Crippen LogP contribution in [0.25, 0.3) is 0 Å². The topological polar surface area (TPSA) is 54.3 Å². The average molecular weight is 378 g/mol. The van der Waals surface area contributed by atoms with Crippen LogP contribution in [0.3, 0.4) is 0 Å². The lowest BCUT2D eigenvalue weighted by Gasteiger charge is -2.36. The van der Waals surface area contributed by atoms with Crippen LogP contribution in [0.15, 0.2) is 29.3 Å². The van der Waals surface area contributed by atoms with Gasteiger partial charge in [0.05, 0.1) is 17.6 Å². The molecule has 1 saturated heterocycles. The number of anilines is 1. The Morgan fingerprint density at radius 3 is 2.69 bits per heavy atom. The standard InChI is InChI=1S/C18H21ClFN5O/c19-17-16(10-22-25(18(17)26)11-13-3-4-13)24-8-6-23(7-9-24)12-15-14(20)2-1-5-21-15/h1-2,5,10,13H,3-4,6-9,11-12H2. The van der Waals surface area contributed by atoms with Crippen molar-refractivity contribution in [1.29, 1.82) is 0 Å². The fourth-order valence-electron chi connectivity index (χ4n) is 3.25. The van der Waals surface area contributed by atoms with Gasteiger partial charge in [-0.2, -0.15) is 5.10 Å². The Morgan fingerprint density at radius 2 is 2.00 bits per heavy atom. The van der Waals surface area contributed by atoms with Crippen LogP contribution in [-0.4, -0.2) is 45.8 Å². The van der Waals surface area contributed by atoms with E-state index in [1.807, 2.05) is 0 Å². The van der Waals surface area contributed by atoms with E-state index in [0.717, 1.165) is 25.9 Å². The van der Waals surface area contributed by atoms with Crippen LogP contribution in [0, 0.1) is 11.7 Å². The van der Waals surface area contributed by atoms with Crippen LogP contribution in [0.1, 0.15) is 18.5 Å². The van der Waals surface area contributed by atoms with Gasteiger partial charge in [-0.1, -0.05) is 11.6 Å². The third kappa shape index (κ3) is 3.73. The molecule has 0 radical (unpaired) electrons. The van der Waals surface area contributed by atoms with Gasteiger partial charge < -0.3 is 4.90 Å². The van der Waals surface area contributed by atoms with Crippen LogP contribution in [-0.2, 0) is 13.1 Å². The Kier molecular flexibility index (Phi) is 4.91. The van der Waals surface area contributed by atoms with Crippen molar-refractivity contribution in [3.05, 3.63) is 51.4 Å². The van der Waals surface area contributed by atoms with Gasteiger partial charge in [-0.3, -0.25) is 14.7 Å². The van der Waals surface area contributed by atoms with Crippen molar-refractivity contribution in [3.8, 4) is 0 Å². The first kappa shape index (κ1) is 17.4. The summed E-state index contributed by atoms with van der Waals surface area (Å²) >= 11 is 6.33. The molecular formula is C18H21ClFN5O. The van der Waals surface area contributed by atoms with Crippen LogP contribution in [0.4, 0.5) is 10.1 Å². The van der Waals surface area contributed by atoms with Gasteiger partial charge in [0.25, 0.3) is 5.56 Å². The number of rotatable bonds is 5. The molecule has 4 rings (SSSR count). The van der Waals surface area contributed by atoms with Gasteiger partial charge in [0.2, 0.25) is 0 Å². The largest absolute Gasteiger partial charge is 0.366 e. The molecule has 1 aliphatic carbocycles. The third-order valence-corrected chi connectivity index (χ3v) is 5.37. The second-order valence-corrected chi connectivity index (χ2v) is 7.35. The van der Waals surface area contributed by atoms with Crippen molar-refractivity contribution in [1.82, 2.24) is 19.7 Å². The quantitative estimate of drug-likeness (QED) is 0.799. The van der Waals surface area contributed by atoms with Crippen LogP contribution in [0.5, 0.6) is 0 Å². The number of hydrogen-bond acceptors (Lipinski definition) is 5. The van der Waals surface area contributed by atoms with E-state index in [-0.39, 0.29) is 16.4 Å². The van der Waals surface area contributed by atoms with Crippen molar-refractivity contribution in [2.75, 3.05) is 31.1 Å². The highest BCUT2D eigenvalue weighted by Gasteiger charge is 2.25. The van der Waals surface area contributed by atoms with Crippen molar-refractivity contribution in [2.24, 2.45) is 5.92 Å². The Morgan fingerprint density at radius 1 is 1.23 bits per heavy atom. The summed E-state index contributed by atoms with van der Waals surface area (Å²) < 4.78 is 15.2. The lowest BCUT2D eigenvalue weighted by molar-refractivity contribution is 0.243. The molecule has 3 heterocycles. The summed E-state index contributed by atoms with van der Waals surface area (Å²) in [5.41, 5.74) is 0.935. The van der Waals surface area contributed by atoms with E-state index in [1.54, 1.807) is 18.5 Å². The first-order valence-electron chi connectivity index (χ1n) is 8.94. The van der Waals surface area contributed by atoms with E-state index in [0.29, 0.717) is 43.5 Å². The lowest BCUT2D eigenvalue weighted by atomic mass is 10.2. The molecule has 2 aliphatic rings. The molecule has 0 spiro atoms. The molecule has 0 bridgehead atoms. The van der Waals surface area contributed by atoms with Crippen molar-refractivity contribution in [2.45, 2.75) is 25.9 Å². The molecule has 1 saturated carbocycles. The number of aromatic nitrogens is 3. The minimum absolute atomic E-state index is 0.214. The van der Waals surface area contributed by atoms with E-state index in [4.69, 9.17) is 11.6 Å². The Labute approximate surface area is 156 Å². The molecule has 138 valence electrons. The molecule has 2 aromatic rings. The van der Waals surface area contributed by atoms with E-state index in [9.17, 15) is 9.18 Å². The van der Waals surface area contributed by atoms with E-state index < -0.39 is 0 Å². The van der Waals surface area contributed by atoms with Crippen LogP contribution >= 0.6 is 11.6 Å². The third-order valence-electron chi connectivity index (χ3n) is 5.02. The van der Waals surface area contributed by atoms with Gasteiger partial charge in [0.15, 0.2) is 0 Å². The number of hydrogen-bond donors (Lipinski definition) is 0. The molecular weight excluding hydrogens is 357 g/mol. The van der Waals surface area contributed by atoms with Gasteiger partial charge in [-0.05, 0) is 30.9 Å². The van der Waals surface area contributed by atoms with Crippen molar-refractivity contribution in [3.63, 3.8) is 0 Å². The normalized spacial score (nSPS) is 18.3. The number of halogens is 2. The molecule has 1 aliphatic heterocycles. The molecule has 6 nitrogen and oxygen atoms in total. The summed E-state index contributed by atoms with van der Waals surface area (Å²) in [6.45, 7) is 4.05. The van der Waals surface area contributed by atoms with Crippen LogP contribution in [0.2, 0.25) is 5.02 Å². The summed E-state index contributed by atoms with van der Waals surface area (Å²) in [4.78, 5) is 20.8. The first-order valence-corrected chi connectivity index (χ1v) is 9.32. The molecule has 2 aromatic heterocycles. The smallest absolute Gasteiger partial charge is 0.287 e. The molecule has 8 heteroatoms. The fourth-order valence-corrected chi connectivity index (χ4v) is 3.51. The molecule has 0 atom stereocenters. The highest BCUT2D eigenvalue weighted by atomic mass is 35.5. The highest BCUT2D eigenvalue weighted by Crippen LogP contribution is 2.30. The predicted molar refractivity (Wildman–Crippen MR) is 97.9 cm³/mol. The van der Waals surface area contributed by atoms with Gasteiger partial charge in [-0.25, -0.2) is 9.07 Å². The second kappa shape index (κ2) is 7.32. The minimum Gasteiger partial charge on any atom is -0.366 e. The number of nitrogens with zero attached hydrogens (tertiary/aromatic N) is 5. The fraction of sp³-hybridized carbons (Fsp3) is 0.500. The Hall–Kier alpha value is -1.99. The second-order valence-electron chi connectivity index (χ2n) is 6.97. The zero-order valence-electron chi connectivity index (χ0n) is 14.4. The average Bonchev–Trinajstić information content (AvgIpc) is 3.46. The Bertz CT molecular complexity index is 846. The summed E-state index contributed by atoms with van der Waals surface area (Å²) in [5.74, 6) is 0.291. The number of pyridine rings is 1. The SMILES string of the molecule is O=c1c(Cl)c(N2CCN(Cc3ncccc3F)CC2)cnn1CC1CC1. The zero-order chi connectivity index (χ0) is 18.1. The van der Waals surface area contributed by atoms with E-state index in [1.165, 1.54) is 10.7 Å². The summed E-state index contributed by atoms with van der Waals surface area (Å²) in [7, 11) is 0. The zero-order valence-corrected chi connectivity index (χ0v) is 15.2. The Balaban J connectivity index is 1.41. The maximum absolute atomic E-state index is 13.8. The highest BCUT2D eigenvalue weighted by molar-refractivity contribution is 6.33. The predicted octanol–water partition coefficient (Wildman–Crippen LogP) is 2.16. The van der Waals surface area contributed by atoms with Crippen LogP contribution < -0.4 is 10.5 Å². The molecule has 0 amide bonds. The maximum Gasteiger partial charge on any atom is 0.287 e.